The number of benzene rings is 1. The van der Waals surface area contributed by atoms with Crippen LogP contribution in [0, 0.1) is 0 Å². The second-order valence-corrected chi connectivity index (χ2v) is 3.65. The molecule has 1 aromatic carbocycles. The van der Waals surface area contributed by atoms with E-state index in [1.165, 1.54) is 24.1 Å². The lowest BCUT2D eigenvalue weighted by Gasteiger charge is -2.20. The molecule has 0 aromatic heterocycles. The van der Waals surface area contributed by atoms with Gasteiger partial charge in [-0.1, -0.05) is 6.07 Å². The van der Waals surface area contributed by atoms with Gasteiger partial charge in [0.25, 0.3) is 5.91 Å². The molecule has 1 unspecified atom stereocenters. The summed E-state index contributed by atoms with van der Waals surface area (Å²) in [5.41, 5.74) is 5.94. The van der Waals surface area contributed by atoms with E-state index in [0.29, 0.717) is 5.69 Å². The summed E-state index contributed by atoms with van der Waals surface area (Å²) in [5.74, 6) is -1.34. The number of nitrogens with zero attached hydrogens (tertiary/aromatic N) is 1. The Labute approximate surface area is 105 Å². The number of carbonyl (C=O) groups is 2. The van der Waals surface area contributed by atoms with E-state index in [1.807, 2.05) is 0 Å². The standard InChI is InChI=1S/C12H16N2O4/c1-3-18-12(17)10(13)11(16)14(2)8-5-4-6-9(15)7-8/h4-7,10,15H,3,13H2,1-2H3. The van der Waals surface area contributed by atoms with Crippen LogP contribution in [0.25, 0.3) is 0 Å². The van der Waals surface area contributed by atoms with Crippen LogP contribution < -0.4 is 10.6 Å². The zero-order chi connectivity index (χ0) is 13.7. The molecule has 0 saturated heterocycles. The Morgan fingerprint density at radius 1 is 1.50 bits per heavy atom. The summed E-state index contributed by atoms with van der Waals surface area (Å²) >= 11 is 0. The van der Waals surface area contributed by atoms with Crippen LogP contribution in [0.1, 0.15) is 6.92 Å². The molecule has 6 nitrogen and oxygen atoms in total. The monoisotopic (exact) mass is 252 g/mol. The number of hydrogen-bond donors (Lipinski definition) is 2. The zero-order valence-electron chi connectivity index (χ0n) is 10.3. The quantitative estimate of drug-likeness (QED) is 0.591. The Hall–Kier alpha value is -2.08. The van der Waals surface area contributed by atoms with Crippen molar-refractivity contribution in [1.82, 2.24) is 0 Å². The smallest absolute Gasteiger partial charge is 0.332 e. The molecule has 0 aliphatic carbocycles. The van der Waals surface area contributed by atoms with Crippen molar-refractivity contribution in [3.63, 3.8) is 0 Å². The van der Waals surface area contributed by atoms with Gasteiger partial charge in [0.05, 0.1) is 6.61 Å². The largest absolute Gasteiger partial charge is 0.508 e. The van der Waals surface area contributed by atoms with Crippen LogP contribution in [0.2, 0.25) is 0 Å². The van der Waals surface area contributed by atoms with Gasteiger partial charge in [0, 0.05) is 18.8 Å². The molecule has 18 heavy (non-hydrogen) atoms. The van der Waals surface area contributed by atoms with Crippen LogP contribution in [0.4, 0.5) is 5.69 Å². The molecular weight excluding hydrogens is 236 g/mol. The normalized spacial score (nSPS) is 11.7. The Morgan fingerprint density at radius 3 is 2.72 bits per heavy atom. The van der Waals surface area contributed by atoms with Crippen LogP contribution >= 0.6 is 0 Å². The fraction of sp³-hybridized carbons (Fsp3) is 0.333. The highest BCUT2D eigenvalue weighted by atomic mass is 16.5. The van der Waals surface area contributed by atoms with E-state index in [4.69, 9.17) is 5.73 Å². The lowest BCUT2D eigenvalue weighted by molar-refractivity contribution is -0.147. The fourth-order valence-electron chi connectivity index (χ4n) is 1.37. The van der Waals surface area contributed by atoms with Gasteiger partial charge in [-0.3, -0.25) is 4.79 Å². The Kier molecular flexibility index (Phi) is 4.67. The molecule has 1 atom stereocenters. The number of phenolic OH excluding ortho intramolecular Hbond substituents is 1. The van der Waals surface area contributed by atoms with E-state index in [2.05, 4.69) is 4.74 Å². The number of hydrogen-bond acceptors (Lipinski definition) is 5. The van der Waals surface area contributed by atoms with Crippen LogP contribution in [0.5, 0.6) is 5.75 Å². The summed E-state index contributed by atoms with van der Waals surface area (Å²) in [7, 11) is 1.47. The van der Waals surface area contributed by atoms with E-state index >= 15 is 0 Å². The van der Waals surface area contributed by atoms with Gasteiger partial charge in [-0.05, 0) is 19.1 Å². The maximum absolute atomic E-state index is 11.9. The van der Waals surface area contributed by atoms with Gasteiger partial charge >= 0.3 is 5.97 Å². The van der Waals surface area contributed by atoms with E-state index < -0.39 is 17.9 Å². The van der Waals surface area contributed by atoms with Crippen LogP contribution in [-0.2, 0) is 14.3 Å². The lowest BCUT2D eigenvalue weighted by Crippen LogP contribution is -2.47. The predicted octanol–water partition coefficient (Wildman–Crippen LogP) is 0.245. The number of carbonyl (C=O) groups excluding carboxylic acids is 2. The number of likely N-dealkylation sites (N-methyl/N-ethyl adjacent to an activating group) is 1. The van der Waals surface area contributed by atoms with Gasteiger partial charge in [-0.2, -0.15) is 0 Å². The molecule has 0 radical (unpaired) electrons. The summed E-state index contributed by atoms with van der Waals surface area (Å²) in [6, 6.07) is 4.72. The predicted molar refractivity (Wildman–Crippen MR) is 66.1 cm³/mol. The van der Waals surface area contributed by atoms with Crippen molar-refractivity contribution < 1.29 is 19.4 Å². The number of nitrogens with two attached hydrogens (primary N) is 1. The minimum absolute atomic E-state index is 0.0249. The molecule has 0 heterocycles. The summed E-state index contributed by atoms with van der Waals surface area (Å²) < 4.78 is 4.67. The first-order valence-electron chi connectivity index (χ1n) is 5.46. The molecule has 0 aliphatic rings. The number of ether oxygens (including phenoxy) is 1. The molecule has 1 amide bonds. The SMILES string of the molecule is CCOC(=O)C(N)C(=O)N(C)c1cccc(O)c1. The molecule has 1 aromatic rings. The highest BCUT2D eigenvalue weighted by Gasteiger charge is 2.27. The van der Waals surface area contributed by atoms with E-state index in [0.717, 1.165) is 0 Å². The van der Waals surface area contributed by atoms with Gasteiger partial charge in [-0.25, -0.2) is 4.79 Å². The molecule has 98 valence electrons. The average molecular weight is 252 g/mol. The first kappa shape index (κ1) is 14.0. The molecule has 0 bridgehead atoms. The highest BCUT2D eigenvalue weighted by Crippen LogP contribution is 2.19. The number of amides is 1. The Morgan fingerprint density at radius 2 is 2.17 bits per heavy atom. The number of anilines is 1. The van der Waals surface area contributed by atoms with E-state index in [9.17, 15) is 14.7 Å². The molecule has 3 N–H and O–H groups in total. The van der Waals surface area contributed by atoms with E-state index in [1.54, 1.807) is 19.1 Å². The summed E-state index contributed by atoms with van der Waals surface area (Å²) in [6.45, 7) is 1.80. The number of rotatable bonds is 4. The summed E-state index contributed by atoms with van der Waals surface area (Å²) in [6.07, 6.45) is 0. The Bertz CT molecular complexity index is 447. The second-order valence-electron chi connectivity index (χ2n) is 3.65. The van der Waals surface area contributed by atoms with Crippen molar-refractivity contribution in [3.05, 3.63) is 24.3 Å². The summed E-state index contributed by atoms with van der Waals surface area (Å²) in [4.78, 5) is 24.4. The molecule has 0 saturated carbocycles. The third kappa shape index (κ3) is 3.21. The minimum Gasteiger partial charge on any atom is -0.508 e. The van der Waals surface area contributed by atoms with Gasteiger partial charge < -0.3 is 20.5 Å². The van der Waals surface area contributed by atoms with Crippen LogP contribution in [0.15, 0.2) is 24.3 Å². The molecule has 0 spiro atoms. The van der Waals surface area contributed by atoms with E-state index in [-0.39, 0.29) is 12.4 Å². The first-order chi connectivity index (χ1) is 8.47. The van der Waals surface area contributed by atoms with Crippen molar-refractivity contribution in [1.29, 1.82) is 0 Å². The fourth-order valence-corrected chi connectivity index (χ4v) is 1.37. The van der Waals surface area contributed by atoms with Crippen molar-refractivity contribution in [2.45, 2.75) is 13.0 Å². The van der Waals surface area contributed by atoms with Gasteiger partial charge in [0.15, 0.2) is 6.04 Å². The molecule has 0 aliphatic heterocycles. The maximum Gasteiger partial charge on any atom is 0.332 e. The number of esters is 1. The topological polar surface area (TPSA) is 92.9 Å². The van der Waals surface area contributed by atoms with Gasteiger partial charge in [-0.15, -0.1) is 0 Å². The summed E-state index contributed by atoms with van der Waals surface area (Å²) in [5, 5.41) is 9.31. The lowest BCUT2D eigenvalue weighted by atomic mass is 10.2. The minimum atomic E-state index is -1.36. The zero-order valence-corrected chi connectivity index (χ0v) is 10.3. The molecule has 6 heteroatoms. The van der Waals surface area contributed by atoms with Crippen molar-refractivity contribution in [2.75, 3.05) is 18.6 Å². The Balaban J connectivity index is 2.81. The maximum atomic E-state index is 11.9. The number of phenols is 1. The third-order valence-corrected chi connectivity index (χ3v) is 2.35. The van der Waals surface area contributed by atoms with Crippen molar-refractivity contribution in [2.24, 2.45) is 5.73 Å². The first-order valence-corrected chi connectivity index (χ1v) is 5.46. The average Bonchev–Trinajstić information content (AvgIpc) is 2.36. The van der Waals surface area contributed by atoms with Gasteiger partial charge in [0.1, 0.15) is 5.75 Å². The van der Waals surface area contributed by atoms with Crippen molar-refractivity contribution in [3.8, 4) is 5.75 Å². The molecule has 1 rings (SSSR count). The molecular formula is C12H16N2O4. The van der Waals surface area contributed by atoms with Crippen LogP contribution in [-0.4, -0.2) is 36.7 Å². The second kappa shape index (κ2) is 6.02. The van der Waals surface area contributed by atoms with Crippen molar-refractivity contribution >= 4 is 17.6 Å². The molecule has 0 fully saturated rings. The van der Waals surface area contributed by atoms with Crippen LogP contribution in [0.3, 0.4) is 0 Å². The number of aromatic hydroxyl groups is 1. The third-order valence-electron chi connectivity index (χ3n) is 2.35. The van der Waals surface area contributed by atoms with Gasteiger partial charge in [0.2, 0.25) is 0 Å². The highest BCUT2D eigenvalue weighted by molar-refractivity contribution is 6.09.